The molecule has 0 spiro atoms. The van der Waals surface area contributed by atoms with Gasteiger partial charge < -0.3 is 14.9 Å². The molecule has 0 aliphatic heterocycles. The van der Waals surface area contributed by atoms with Crippen LogP contribution in [0.3, 0.4) is 0 Å². The van der Waals surface area contributed by atoms with Gasteiger partial charge in [-0.2, -0.15) is 0 Å². The van der Waals surface area contributed by atoms with E-state index in [0.29, 0.717) is 5.92 Å². The molecule has 0 bridgehead atoms. The molecule has 0 saturated heterocycles. The molecule has 0 aliphatic rings. The Balaban J connectivity index is 0.000000500. The Labute approximate surface area is 85.0 Å². The first-order valence-corrected chi connectivity index (χ1v) is 4.45. The molecule has 0 heterocycles. The summed E-state index contributed by atoms with van der Waals surface area (Å²) in [5.41, 5.74) is 1.03. The molecule has 3 heteroatoms. The fraction of sp³-hybridized carbons (Fsp3) is 0.455. The lowest BCUT2D eigenvalue weighted by Crippen LogP contribution is -1.85. The van der Waals surface area contributed by atoms with E-state index < -0.39 is 0 Å². The van der Waals surface area contributed by atoms with Gasteiger partial charge >= 0.3 is 0 Å². The van der Waals surface area contributed by atoms with Crippen molar-refractivity contribution in [3.05, 3.63) is 23.8 Å². The Kier molecular flexibility index (Phi) is 5.72. The Bertz CT molecular complexity index is 269. The molecule has 0 radical (unpaired) electrons. The number of rotatable bonds is 1. The highest BCUT2D eigenvalue weighted by molar-refractivity contribution is 5.41. The maximum Gasteiger partial charge on any atom is 0.157 e. The lowest BCUT2D eigenvalue weighted by Gasteiger charge is -2.05. The number of methoxy groups -OCH3 is 1. The van der Waals surface area contributed by atoms with Crippen LogP contribution in [-0.2, 0) is 4.74 Å². The number of phenols is 2. The zero-order chi connectivity index (χ0) is 11.1. The van der Waals surface area contributed by atoms with Crippen molar-refractivity contribution in [1.29, 1.82) is 0 Å². The molecule has 14 heavy (non-hydrogen) atoms. The fourth-order valence-electron chi connectivity index (χ4n) is 0.900. The molecule has 0 aliphatic carbocycles. The first-order valence-electron chi connectivity index (χ1n) is 4.45. The van der Waals surface area contributed by atoms with E-state index in [1.165, 1.54) is 6.07 Å². The third kappa shape index (κ3) is 4.14. The standard InChI is InChI=1S/C9H12O2.C2H6O/c1-6(2)7-3-4-8(10)9(11)5-7;1-3-2/h3-6,10-11H,1-2H3;1-2H3. The van der Waals surface area contributed by atoms with Crippen molar-refractivity contribution in [2.75, 3.05) is 14.2 Å². The lowest BCUT2D eigenvalue weighted by atomic mass is 10.0. The van der Waals surface area contributed by atoms with E-state index in [9.17, 15) is 0 Å². The second kappa shape index (κ2) is 6.27. The third-order valence-electron chi connectivity index (χ3n) is 1.67. The van der Waals surface area contributed by atoms with Gasteiger partial charge in [-0.15, -0.1) is 0 Å². The Morgan fingerprint density at radius 1 is 1.07 bits per heavy atom. The SMILES string of the molecule is CC(C)c1ccc(O)c(O)c1.COC. The highest BCUT2D eigenvalue weighted by Crippen LogP contribution is 2.27. The van der Waals surface area contributed by atoms with E-state index in [0.717, 1.165) is 5.56 Å². The summed E-state index contributed by atoms with van der Waals surface area (Å²) in [6, 6.07) is 4.89. The minimum absolute atomic E-state index is 0.0452. The third-order valence-corrected chi connectivity index (χ3v) is 1.67. The Hall–Kier alpha value is -1.22. The summed E-state index contributed by atoms with van der Waals surface area (Å²) in [5.74, 6) is 0.270. The van der Waals surface area contributed by atoms with Gasteiger partial charge in [-0.25, -0.2) is 0 Å². The Morgan fingerprint density at radius 2 is 1.57 bits per heavy atom. The molecule has 1 aromatic carbocycles. The van der Waals surface area contributed by atoms with Crippen LogP contribution >= 0.6 is 0 Å². The number of hydrogen-bond donors (Lipinski definition) is 2. The normalized spacial score (nSPS) is 9.50. The Morgan fingerprint density at radius 3 is 1.93 bits per heavy atom. The zero-order valence-electron chi connectivity index (χ0n) is 9.11. The molecule has 0 aromatic heterocycles. The quantitative estimate of drug-likeness (QED) is 0.681. The van der Waals surface area contributed by atoms with E-state index in [-0.39, 0.29) is 11.5 Å². The van der Waals surface area contributed by atoms with Crippen molar-refractivity contribution in [2.24, 2.45) is 0 Å². The first kappa shape index (κ1) is 12.8. The molecule has 3 nitrogen and oxygen atoms in total. The number of aromatic hydroxyl groups is 2. The van der Waals surface area contributed by atoms with Crippen molar-refractivity contribution in [1.82, 2.24) is 0 Å². The molecule has 0 unspecified atom stereocenters. The molecule has 0 amide bonds. The maximum absolute atomic E-state index is 9.10. The predicted molar refractivity (Wildman–Crippen MR) is 56.8 cm³/mol. The second-order valence-corrected chi connectivity index (χ2v) is 3.31. The largest absolute Gasteiger partial charge is 0.504 e. The highest BCUT2D eigenvalue weighted by Gasteiger charge is 2.02. The van der Waals surface area contributed by atoms with Crippen LogP contribution in [0.25, 0.3) is 0 Å². The molecular formula is C11H18O3. The van der Waals surface area contributed by atoms with Crippen LogP contribution in [-0.4, -0.2) is 24.4 Å². The number of ether oxygens (including phenoxy) is 1. The van der Waals surface area contributed by atoms with Crippen LogP contribution in [0.4, 0.5) is 0 Å². The van der Waals surface area contributed by atoms with E-state index in [2.05, 4.69) is 4.74 Å². The zero-order valence-corrected chi connectivity index (χ0v) is 9.11. The van der Waals surface area contributed by atoms with Crippen molar-refractivity contribution >= 4 is 0 Å². The van der Waals surface area contributed by atoms with Gasteiger partial charge in [0, 0.05) is 14.2 Å². The van der Waals surface area contributed by atoms with Crippen LogP contribution in [0.1, 0.15) is 25.3 Å². The number of benzene rings is 1. The van der Waals surface area contributed by atoms with Gasteiger partial charge in [0.25, 0.3) is 0 Å². The van der Waals surface area contributed by atoms with Gasteiger partial charge in [-0.05, 0) is 23.6 Å². The smallest absolute Gasteiger partial charge is 0.157 e. The minimum Gasteiger partial charge on any atom is -0.504 e. The molecule has 2 N–H and O–H groups in total. The molecule has 0 saturated carbocycles. The van der Waals surface area contributed by atoms with Crippen molar-refractivity contribution in [3.8, 4) is 11.5 Å². The van der Waals surface area contributed by atoms with Gasteiger partial charge in [0.05, 0.1) is 0 Å². The van der Waals surface area contributed by atoms with Crippen molar-refractivity contribution < 1.29 is 14.9 Å². The van der Waals surface area contributed by atoms with E-state index in [1.807, 2.05) is 13.8 Å². The highest BCUT2D eigenvalue weighted by atomic mass is 16.4. The summed E-state index contributed by atoms with van der Waals surface area (Å²) < 4.78 is 4.25. The van der Waals surface area contributed by atoms with Crippen LogP contribution in [0.5, 0.6) is 11.5 Å². The van der Waals surface area contributed by atoms with Gasteiger partial charge in [-0.3, -0.25) is 0 Å². The van der Waals surface area contributed by atoms with Gasteiger partial charge in [0.15, 0.2) is 11.5 Å². The molecule has 0 fully saturated rings. The topological polar surface area (TPSA) is 49.7 Å². The molecule has 1 rings (SSSR count). The summed E-state index contributed by atoms with van der Waals surface area (Å²) in [4.78, 5) is 0. The molecule has 80 valence electrons. The summed E-state index contributed by atoms with van der Waals surface area (Å²) >= 11 is 0. The van der Waals surface area contributed by atoms with E-state index in [4.69, 9.17) is 10.2 Å². The average Bonchev–Trinajstić information content (AvgIpc) is 2.10. The lowest BCUT2D eigenvalue weighted by molar-refractivity contribution is 0.277. The summed E-state index contributed by atoms with van der Waals surface area (Å²) in [6.07, 6.45) is 0. The monoisotopic (exact) mass is 198 g/mol. The second-order valence-electron chi connectivity index (χ2n) is 3.31. The number of phenolic OH excluding ortho intramolecular Hbond substituents is 2. The van der Waals surface area contributed by atoms with Crippen molar-refractivity contribution in [3.63, 3.8) is 0 Å². The predicted octanol–water partition coefficient (Wildman–Crippen LogP) is 2.48. The van der Waals surface area contributed by atoms with Gasteiger partial charge in [0.1, 0.15) is 0 Å². The summed E-state index contributed by atoms with van der Waals surface area (Å²) in [6.45, 7) is 4.07. The van der Waals surface area contributed by atoms with E-state index >= 15 is 0 Å². The summed E-state index contributed by atoms with van der Waals surface area (Å²) in [5, 5.41) is 18.1. The molecular weight excluding hydrogens is 180 g/mol. The average molecular weight is 198 g/mol. The van der Waals surface area contributed by atoms with Crippen LogP contribution < -0.4 is 0 Å². The first-order chi connectivity index (χ1) is 6.52. The van der Waals surface area contributed by atoms with Gasteiger partial charge in [-0.1, -0.05) is 19.9 Å². The molecule has 1 aromatic rings. The number of hydrogen-bond acceptors (Lipinski definition) is 3. The maximum atomic E-state index is 9.10. The van der Waals surface area contributed by atoms with Gasteiger partial charge in [0.2, 0.25) is 0 Å². The van der Waals surface area contributed by atoms with Crippen LogP contribution in [0, 0.1) is 0 Å². The summed E-state index contributed by atoms with van der Waals surface area (Å²) in [7, 11) is 3.25. The van der Waals surface area contributed by atoms with Crippen LogP contribution in [0.2, 0.25) is 0 Å². The molecule has 0 atom stereocenters. The van der Waals surface area contributed by atoms with Crippen molar-refractivity contribution in [2.45, 2.75) is 19.8 Å². The van der Waals surface area contributed by atoms with E-state index in [1.54, 1.807) is 26.4 Å². The fourth-order valence-corrected chi connectivity index (χ4v) is 0.900. The van der Waals surface area contributed by atoms with Crippen LogP contribution in [0.15, 0.2) is 18.2 Å². The minimum atomic E-state index is -0.0607.